The van der Waals surface area contributed by atoms with Crippen LogP contribution in [0.1, 0.15) is 46.2 Å². The minimum Gasteiger partial charge on any atom is -0.271 e. The highest BCUT2D eigenvalue weighted by molar-refractivity contribution is 7.12. The van der Waals surface area contributed by atoms with E-state index in [2.05, 4.69) is 11.5 Å². The van der Waals surface area contributed by atoms with Crippen LogP contribution in [0.2, 0.25) is 5.02 Å². The number of nitrogens with one attached hydrogen (secondary N) is 1. The minimum absolute atomic E-state index is 0.320. The quantitative estimate of drug-likeness (QED) is 0.500. The number of hydrogen-bond donors (Lipinski definition) is 2. The fourth-order valence-corrected chi connectivity index (χ4v) is 4.39. The van der Waals surface area contributed by atoms with E-state index >= 15 is 0 Å². The van der Waals surface area contributed by atoms with Gasteiger partial charge in [0.05, 0.1) is 6.04 Å². The van der Waals surface area contributed by atoms with Gasteiger partial charge in [-0.15, -0.1) is 11.3 Å². The molecule has 21 heavy (non-hydrogen) atoms. The Labute approximate surface area is 133 Å². The fraction of sp³-hybridized carbons (Fsp3) is 0.375. The van der Waals surface area contributed by atoms with Crippen molar-refractivity contribution in [2.24, 2.45) is 5.84 Å². The van der Waals surface area contributed by atoms with Crippen LogP contribution in [0.4, 0.5) is 4.39 Å². The maximum absolute atomic E-state index is 14.1. The molecule has 1 heterocycles. The van der Waals surface area contributed by atoms with Crippen molar-refractivity contribution in [1.29, 1.82) is 0 Å². The third kappa shape index (κ3) is 3.14. The van der Waals surface area contributed by atoms with E-state index in [1.165, 1.54) is 35.8 Å². The Bertz CT molecular complexity index is 618. The molecule has 1 aromatic heterocycles. The average Bonchev–Trinajstić information content (AvgIpc) is 2.72. The molecular weight excluding hydrogens is 307 g/mol. The third-order valence-corrected chi connectivity index (χ3v) is 5.53. The summed E-state index contributed by atoms with van der Waals surface area (Å²) < 4.78 is 14.1. The molecule has 3 rings (SSSR count). The van der Waals surface area contributed by atoms with Crippen LogP contribution in [0, 0.1) is 5.82 Å². The van der Waals surface area contributed by atoms with Gasteiger partial charge < -0.3 is 0 Å². The van der Waals surface area contributed by atoms with E-state index < -0.39 is 0 Å². The number of hydrogen-bond acceptors (Lipinski definition) is 3. The summed E-state index contributed by atoms with van der Waals surface area (Å²) in [7, 11) is 0. The molecule has 0 aliphatic heterocycles. The summed E-state index contributed by atoms with van der Waals surface area (Å²) in [5.41, 5.74) is 4.69. The van der Waals surface area contributed by atoms with Crippen molar-refractivity contribution >= 4 is 22.9 Å². The number of thiophene rings is 1. The highest BCUT2D eigenvalue weighted by atomic mass is 35.5. The zero-order chi connectivity index (χ0) is 14.8. The molecule has 1 aliphatic carbocycles. The summed E-state index contributed by atoms with van der Waals surface area (Å²) in [6, 6.07) is 6.60. The van der Waals surface area contributed by atoms with Gasteiger partial charge in [0.25, 0.3) is 0 Å². The predicted molar refractivity (Wildman–Crippen MR) is 86.2 cm³/mol. The number of aryl methyl sites for hydroxylation is 2. The van der Waals surface area contributed by atoms with Gasteiger partial charge in [0.15, 0.2) is 0 Å². The van der Waals surface area contributed by atoms with E-state index in [0.29, 0.717) is 10.6 Å². The molecule has 0 amide bonds. The Kier molecular flexibility index (Phi) is 4.60. The summed E-state index contributed by atoms with van der Waals surface area (Å²) in [5.74, 6) is 5.36. The maximum Gasteiger partial charge on any atom is 0.129 e. The van der Waals surface area contributed by atoms with Gasteiger partial charge in [-0.25, -0.2) is 9.82 Å². The molecule has 1 aromatic carbocycles. The second-order valence-electron chi connectivity index (χ2n) is 5.42. The van der Waals surface area contributed by atoms with Crippen molar-refractivity contribution in [3.05, 3.63) is 56.0 Å². The van der Waals surface area contributed by atoms with Gasteiger partial charge in [0, 0.05) is 20.3 Å². The Morgan fingerprint density at radius 3 is 2.76 bits per heavy atom. The standard InChI is InChI=1S/C16H18ClFN2S/c17-11-6-7-12(13(18)9-11)16(20-19)15-8-10-4-2-1-3-5-14(10)21-15/h6-9,16,20H,1-5,19H2. The molecule has 1 atom stereocenters. The van der Waals surface area contributed by atoms with Crippen molar-refractivity contribution in [2.75, 3.05) is 0 Å². The lowest BCUT2D eigenvalue weighted by molar-refractivity contribution is 0.564. The fourth-order valence-electron chi connectivity index (χ4n) is 2.89. The van der Waals surface area contributed by atoms with Gasteiger partial charge in [-0.1, -0.05) is 24.1 Å². The van der Waals surface area contributed by atoms with Gasteiger partial charge in [-0.05, 0) is 49.4 Å². The van der Waals surface area contributed by atoms with E-state index in [1.54, 1.807) is 23.5 Å². The molecule has 5 heteroatoms. The Hall–Kier alpha value is -0.940. The molecule has 0 saturated heterocycles. The van der Waals surface area contributed by atoms with Crippen LogP contribution >= 0.6 is 22.9 Å². The first-order chi connectivity index (χ1) is 10.2. The molecule has 0 saturated carbocycles. The van der Waals surface area contributed by atoms with Crippen molar-refractivity contribution in [2.45, 2.75) is 38.1 Å². The Balaban J connectivity index is 1.96. The Morgan fingerprint density at radius 1 is 1.19 bits per heavy atom. The normalized spacial score (nSPS) is 16.3. The molecule has 3 N–H and O–H groups in total. The van der Waals surface area contributed by atoms with Crippen LogP contribution in [0.5, 0.6) is 0 Å². The first-order valence-corrected chi connectivity index (χ1v) is 8.41. The summed E-state index contributed by atoms with van der Waals surface area (Å²) in [5, 5.41) is 0.397. The van der Waals surface area contributed by atoms with Crippen molar-refractivity contribution in [1.82, 2.24) is 5.43 Å². The molecule has 0 spiro atoms. The molecule has 112 valence electrons. The molecule has 1 unspecified atom stereocenters. The van der Waals surface area contributed by atoms with E-state index in [9.17, 15) is 4.39 Å². The van der Waals surface area contributed by atoms with Gasteiger partial charge >= 0.3 is 0 Å². The summed E-state index contributed by atoms with van der Waals surface area (Å²) >= 11 is 7.57. The van der Waals surface area contributed by atoms with Crippen molar-refractivity contribution < 1.29 is 4.39 Å². The topological polar surface area (TPSA) is 38.0 Å². The molecule has 2 nitrogen and oxygen atoms in total. The first kappa shape index (κ1) is 15.0. The monoisotopic (exact) mass is 324 g/mol. The second-order valence-corrected chi connectivity index (χ2v) is 7.03. The van der Waals surface area contributed by atoms with Crippen LogP contribution in [0.25, 0.3) is 0 Å². The number of nitrogens with two attached hydrogens (primary N) is 1. The predicted octanol–water partition coefficient (Wildman–Crippen LogP) is 4.36. The number of benzene rings is 1. The highest BCUT2D eigenvalue weighted by Gasteiger charge is 2.21. The van der Waals surface area contributed by atoms with Crippen molar-refractivity contribution in [3.63, 3.8) is 0 Å². The van der Waals surface area contributed by atoms with Gasteiger partial charge in [-0.2, -0.15) is 0 Å². The van der Waals surface area contributed by atoms with Crippen molar-refractivity contribution in [3.8, 4) is 0 Å². The van der Waals surface area contributed by atoms with Gasteiger partial charge in [0.2, 0.25) is 0 Å². The number of fused-ring (bicyclic) bond motifs is 1. The first-order valence-electron chi connectivity index (χ1n) is 7.21. The molecule has 0 radical (unpaired) electrons. The zero-order valence-corrected chi connectivity index (χ0v) is 13.2. The van der Waals surface area contributed by atoms with Crippen LogP contribution in [-0.4, -0.2) is 0 Å². The molecule has 0 bridgehead atoms. The largest absolute Gasteiger partial charge is 0.271 e. The van der Waals surface area contributed by atoms with E-state index in [0.717, 1.165) is 17.7 Å². The second kappa shape index (κ2) is 6.44. The lowest BCUT2D eigenvalue weighted by Gasteiger charge is -2.15. The van der Waals surface area contributed by atoms with Gasteiger partial charge in [0.1, 0.15) is 5.82 Å². The van der Waals surface area contributed by atoms with Crippen LogP contribution < -0.4 is 11.3 Å². The number of hydrazine groups is 1. The van der Waals surface area contributed by atoms with E-state index in [4.69, 9.17) is 17.4 Å². The highest BCUT2D eigenvalue weighted by Crippen LogP contribution is 2.35. The lowest BCUT2D eigenvalue weighted by Crippen LogP contribution is -2.28. The summed E-state index contributed by atoms with van der Waals surface area (Å²) in [6.45, 7) is 0. The summed E-state index contributed by atoms with van der Waals surface area (Å²) in [6.07, 6.45) is 6.01. The van der Waals surface area contributed by atoms with E-state index in [-0.39, 0.29) is 11.9 Å². The lowest BCUT2D eigenvalue weighted by atomic mass is 10.0. The molecule has 0 fully saturated rings. The zero-order valence-electron chi connectivity index (χ0n) is 11.7. The van der Waals surface area contributed by atoms with E-state index in [1.807, 2.05) is 0 Å². The molecule has 2 aromatic rings. The average molecular weight is 325 g/mol. The summed E-state index contributed by atoms with van der Waals surface area (Å²) in [4.78, 5) is 2.50. The maximum atomic E-state index is 14.1. The third-order valence-electron chi connectivity index (χ3n) is 3.99. The smallest absolute Gasteiger partial charge is 0.129 e. The Morgan fingerprint density at radius 2 is 2.00 bits per heavy atom. The van der Waals surface area contributed by atoms with Crippen LogP contribution in [0.15, 0.2) is 24.3 Å². The number of halogens is 2. The van der Waals surface area contributed by atoms with Crippen LogP contribution in [-0.2, 0) is 12.8 Å². The minimum atomic E-state index is -0.325. The molecular formula is C16H18ClFN2S. The number of rotatable bonds is 3. The van der Waals surface area contributed by atoms with Crippen LogP contribution in [0.3, 0.4) is 0 Å². The molecule has 1 aliphatic rings. The van der Waals surface area contributed by atoms with Gasteiger partial charge in [-0.3, -0.25) is 5.84 Å². The SMILES string of the molecule is NNC(c1cc2c(s1)CCCCC2)c1ccc(Cl)cc1F.